The smallest absolute Gasteiger partial charge is 0.122 e. The molecule has 0 atom stereocenters. The zero-order valence-electron chi connectivity index (χ0n) is 8.55. The molecule has 0 spiro atoms. The Kier molecular flexibility index (Phi) is 2.03. The van der Waals surface area contributed by atoms with Crippen molar-refractivity contribution in [3.05, 3.63) is 28.8 Å². The molecule has 1 heterocycles. The van der Waals surface area contributed by atoms with Gasteiger partial charge >= 0.3 is 0 Å². The molecule has 1 nitrogen and oxygen atoms in total. The third-order valence-corrected chi connectivity index (χ3v) is 2.70. The van der Waals surface area contributed by atoms with Crippen molar-refractivity contribution in [3.8, 4) is 5.75 Å². The Morgan fingerprint density at radius 1 is 1.31 bits per heavy atom. The molecule has 0 N–H and O–H groups in total. The van der Waals surface area contributed by atoms with Crippen molar-refractivity contribution in [2.24, 2.45) is 0 Å². The number of ether oxygens (including phenoxy) is 1. The summed E-state index contributed by atoms with van der Waals surface area (Å²) < 4.78 is 5.51. The van der Waals surface area contributed by atoms with Crippen LogP contribution in [0.1, 0.15) is 36.5 Å². The minimum Gasteiger partial charge on any atom is -0.493 e. The second-order valence-electron chi connectivity index (χ2n) is 4.07. The Labute approximate surface area is 79.7 Å². The molecule has 1 aliphatic rings. The Morgan fingerprint density at radius 2 is 2.08 bits per heavy atom. The van der Waals surface area contributed by atoms with E-state index in [1.54, 1.807) is 0 Å². The van der Waals surface area contributed by atoms with Crippen LogP contribution in [0.2, 0.25) is 0 Å². The van der Waals surface area contributed by atoms with Crippen LogP contribution in [0, 0.1) is 6.92 Å². The molecular weight excluding hydrogens is 160 g/mol. The predicted molar refractivity (Wildman–Crippen MR) is 54.5 cm³/mol. The van der Waals surface area contributed by atoms with E-state index < -0.39 is 0 Å². The van der Waals surface area contributed by atoms with Crippen molar-refractivity contribution in [3.63, 3.8) is 0 Å². The molecule has 1 aliphatic heterocycles. The monoisotopic (exact) mass is 176 g/mol. The summed E-state index contributed by atoms with van der Waals surface area (Å²) in [5, 5.41) is 0. The van der Waals surface area contributed by atoms with E-state index in [0.29, 0.717) is 5.92 Å². The number of benzene rings is 1. The van der Waals surface area contributed by atoms with E-state index in [2.05, 4.69) is 32.9 Å². The van der Waals surface area contributed by atoms with Gasteiger partial charge in [0.05, 0.1) is 6.61 Å². The molecule has 70 valence electrons. The van der Waals surface area contributed by atoms with Gasteiger partial charge in [-0.1, -0.05) is 19.9 Å². The van der Waals surface area contributed by atoms with Gasteiger partial charge in [-0.25, -0.2) is 0 Å². The van der Waals surface area contributed by atoms with E-state index in [9.17, 15) is 0 Å². The highest BCUT2D eigenvalue weighted by molar-refractivity contribution is 5.45. The molecule has 0 aromatic heterocycles. The first-order valence-electron chi connectivity index (χ1n) is 4.94. The molecule has 0 aliphatic carbocycles. The van der Waals surface area contributed by atoms with Crippen molar-refractivity contribution < 1.29 is 4.74 Å². The van der Waals surface area contributed by atoms with E-state index >= 15 is 0 Å². The van der Waals surface area contributed by atoms with E-state index in [0.717, 1.165) is 18.8 Å². The summed E-state index contributed by atoms with van der Waals surface area (Å²) in [5.74, 6) is 1.72. The van der Waals surface area contributed by atoms with Gasteiger partial charge in [0.25, 0.3) is 0 Å². The average molecular weight is 176 g/mol. The Balaban J connectivity index is 2.49. The van der Waals surface area contributed by atoms with Crippen molar-refractivity contribution in [2.45, 2.75) is 33.1 Å². The molecule has 0 saturated carbocycles. The summed E-state index contributed by atoms with van der Waals surface area (Å²) in [6, 6.07) is 4.49. The Morgan fingerprint density at radius 3 is 2.77 bits per heavy atom. The first-order chi connectivity index (χ1) is 6.18. The van der Waals surface area contributed by atoms with Crippen LogP contribution in [0.4, 0.5) is 0 Å². The molecule has 0 saturated heterocycles. The maximum Gasteiger partial charge on any atom is 0.122 e. The normalized spacial score (nSPS) is 14.5. The lowest BCUT2D eigenvalue weighted by Gasteiger charge is -2.11. The van der Waals surface area contributed by atoms with Crippen LogP contribution in [0.15, 0.2) is 12.1 Å². The summed E-state index contributed by atoms with van der Waals surface area (Å²) in [6.45, 7) is 7.50. The minimum absolute atomic E-state index is 0.617. The van der Waals surface area contributed by atoms with Crippen LogP contribution in [-0.2, 0) is 6.42 Å². The van der Waals surface area contributed by atoms with Crippen LogP contribution in [0.5, 0.6) is 5.75 Å². The van der Waals surface area contributed by atoms with Crippen molar-refractivity contribution in [1.29, 1.82) is 0 Å². The minimum atomic E-state index is 0.617. The zero-order valence-corrected chi connectivity index (χ0v) is 8.55. The molecular formula is C12H16O. The highest BCUT2D eigenvalue weighted by Gasteiger charge is 2.15. The molecule has 0 amide bonds. The van der Waals surface area contributed by atoms with E-state index in [1.807, 2.05) is 0 Å². The molecule has 1 aromatic carbocycles. The van der Waals surface area contributed by atoms with Crippen LogP contribution in [0.25, 0.3) is 0 Å². The number of hydrogen-bond donors (Lipinski definition) is 0. The third kappa shape index (κ3) is 1.43. The average Bonchev–Trinajstić information content (AvgIpc) is 2.48. The first-order valence-corrected chi connectivity index (χ1v) is 4.94. The molecule has 0 bridgehead atoms. The maximum atomic E-state index is 5.51. The molecule has 1 heteroatoms. The maximum absolute atomic E-state index is 5.51. The van der Waals surface area contributed by atoms with Crippen LogP contribution in [-0.4, -0.2) is 6.61 Å². The Bertz CT molecular complexity index is 326. The van der Waals surface area contributed by atoms with Crippen LogP contribution < -0.4 is 4.74 Å². The fourth-order valence-electron chi connectivity index (χ4n) is 1.97. The quantitative estimate of drug-likeness (QED) is 0.639. The summed E-state index contributed by atoms with van der Waals surface area (Å²) in [6.07, 6.45) is 1.08. The highest BCUT2D eigenvalue weighted by atomic mass is 16.5. The van der Waals surface area contributed by atoms with Crippen molar-refractivity contribution in [1.82, 2.24) is 0 Å². The lowest BCUT2D eigenvalue weighted by atomic mass is 9.95. The summed E-state index contributed by atoms with van der Waals surface area (Å²) >= 11 is 0. The van der Waals surface area contributed by atoms with Crippen LogP contribution in [0.3, 0.4) is 0 Å². The zero-order chi connectivity index (χ0) is 9.42. The molecule has 2 rings (SSSR count). The largest absolute Gasteiger partial charge is 0.493 e. The SMILES string of the molecule is Cc1cc2c(cc1C(C)C)CCO2. The van der Waals surface area contributed by atoms with Crippen LogP contribution >= 0.6 is 0 Å². The van der Waals surface area contributed by atoms with Gasteiger partial charge < -0.3 is 4.74 Å². The molecule has 0 unspecified atom stereocenters. The number of aryl methyl sites for hydroxylation is 1. The van der Waals surface area contributed by atoms with Gasteiger partial charge in [0, 0.05) is 6.42 Å². The lowest BCUT2D eigenvalue weighted by molar-refractivity contribution is 0.356. The number of rotatable bonds is 1. The summed E-state index contributed by atoms with van der Waals surface area (Å²) in [7, 11) is 0. The van der Waals surface area contributed by atoms with Crippen molar-refractivity contribution >= 4 is 0 Å². The van der Waals surface area contributed by atoms with Gasteiger partial charge in [-0.05, 0) is 35.6 Å². The number of fused-ring (bicyclic) bond motifs is 1. The fraction of sp³-hybridized carbons (Fsp3) is 0.500. The fourth-order valence-corrected chi connectivity index (χ4v) is 1.97. The lowest BCUT2D eigenvalue weighted by Crippen LogP contribution is -1.93. The van der Waals surface area contributed by atoms with Gasteiger partial charge in [0.2, 0.25) is 0 Å². The van der Waals surface area contributed by atoms with Crippen molar-refractivity contribution in [2.75, 3.05) is 6.61 Å². The predicted octanol–water partition coefficient (Wildman–Crippen LogP) is 3.05. The van der Waals surface area contributed by atoms with Gasteiger partial charge in [-0.2, -0.15) is 0 Å². The second-order valence-corrected chi connectivity index (χ2v) is 4.07. The van der Waals surface area contributed by atoms with Gasteiger partial charge in [0.15, 0.2) is 0 Å². The standard InChI is InChI=1S/C12H16O/c1-8(2)11-7-10-4-5-13-12(10)6-9(11)3/h6-8H,4-5H2,1-3H3. The van der Waals surface area contributed by atoms with E-state index in [1.165, 1.54) is 16.7 Å². The summed E-state index contributed by atoms with van der Waals surface area (Å²) in [4.78, 5) is 0. The molecule has 0 radical (unpaired) electrons. The molecule has 0 fully saturated rings. The Hall–Kier alpha value is -0.980. The molecule has 1 aromatic rings. The third-order valence-electron chi connectivity index (χ3n) is 2.70. The van der Waals surface area contributed by atoms with E-state index in [-0.39, 0.29) is 0 Å². The van der Waals surface area contributed by atoms with Gasteiger partial charge in [-0.15, -0.1) is 0 Å². The summed E-state index contributed by atoms with van der Waals surface area (Å²) in [5.41, 5.74) is 4.20. The molecule has 13 heavy (non-hydrogen) atoms. The van der Waals surface area contributed by atoms with Gasteiger partial charge in [-0.3, -0.25) is 0 Å². The first kappa shape index (κ1) is 8.61. The van der Waals surface area contributed by atoms with Gasteiger partial charge in [0.1, 0.15) is 5.75 Å². The topological polar surface area (TPSA) is 9.23 Å². The highest BCUT2D eigenvalue weighted by Crippen LogP contribution is 2.31. The van der Waals surface area contributed by atoms with E-state index in [4.69, 9.17) is 4.74 Å². The number of hydrogen-bond acceptors (Lipinski definition) is 1. The second kappa shape index (κ2) is 3.06.